The lowest BCUT2D eigenvalue weighted by Gasteiger charge is -2.33. The number of thiazole rings is 1. The van der Waals surface area contributed by atoms with Crippen molar-refractivity contribution in [1.29, 1.82) is 0 Å². The number of aromatic nitrogens is 3. The second kappa shape index (κ2) is 12.4. The molecule has 3 aromatic rings. The zero-order chi connectivity index (χ0) is 30.8. The summed E-state index contributed by atoms with van der Waals surface area (Å²) in [6, 6.07) is 8.98. The van der Waals surface area contributed by atoms with E-state index in [1.807, 2.05) is 30.3 Å². The average Bonchev–Trinajstić information content (AvgIpc) is 3.36. The van der Waals surface area contributed by atoms with Crippen molar-refractivity contribution < 1.29 is 27.5 Å². The van der Waals surface area contributed by atoms with Crippen molar-refractivity contribution in [3.05, 3.63) is 52.1 Å². The van der Waals surface area contributed by atoms with Crippen molar-refractivity contribution >= 4 is 38.7 Å². The Kier molecular flexibility index (Phi) is 9.29. The van der Waals surface area contributed by atoms with Gasteiger partial charge < -0.3 is 14.5 Å². The number of carbonyl (C=O) groups is 2. The molecule has 228 valence electrons. The number of amides is 1. The molecule has 2 aromatic heterocycles. The minimum absolute atomic E-state index is 0.0558. The number of fused-ring (bicyclic) bond motifs is 1. The monoisotopic (exact) mass is 607 g/mol. The van der Waals surface area contributed by atoms with Crippen LogP contribution in [0.25, 0.3) is 10.3 Å². The lowest BCUT2D eigenvalue weighted by molar-refractivity contribution is -0.148. The number of piperidine rings is 1. The molecule has 1 aliphatic rings. The number of hydrogen-bond acceptors (Lipinski definition) is 8. The Hall–Kier alpha value is -3.48. The summed E-state index contributed by atoms with van der Waals surface area (Å²) in [6.45, 7) is 7.42. The minimum Gasteiger partial charge on any atom is -0.444 e. The van der Waals surface area contributed by atoms with E-state index < -0.39 is 35.3 Å². The van der Waals surface area contributed by atoms with Gasteiger partial charge in [0, 0.05) is 33.1 Å². The number of hydrogen-bond donors (Lipinski definition) is 0. The van der Waals surface area contributed by atoms with Crippen LogP contribution in [0.2, 0.25) is 0 Å². The molecular weight excluding hydrogens is 571 g/mol. The molecule has 1 amide bonds. The summed E-state index contributed by atoms with van der Waals surface area (Å²) in [5, 5.41) is 0.242. The number of Topliss-reactive ketones (excluding diaryl/α,β-unsaturated/α-hetero) is 1. The van der Waals surface area contributed by atoms with Crippen LogP contribution >= 0.6 is 11.3 Å². The topological polar surface area (TPSA) is 97.6 Å². The van der Waals surface area contributed by atoms with Crippen LogP contribution in [0.4, 0.5) is 23.1 Å². The molecule has 13 heteroatoms. The molecule has 1 atom stereocenters. The van der Waals surface area contributed by atoms with Crippen molar-refractivity contribution in [2.45, 2.75) is 77.7 Å². The van der Waals surface area contributed by atoms with Crippen LogP contribution in [-0.2, 0) is 28.7 Å². The van der Waals surface area contributed by atoms with Gasteiger partial charge in [0.25, 0.3) is 5.56 Å². The van der Waals surface area contributed by atoms with Crippen molar-refractivity contribution in [3.8, 4) is 0 Å². The summed E-state index contributed by atoms with van der Waals surface area (Å²) in [6.07, 6.45) is -3.65. The summed E-state index contributed by atoms with van der Waals surface area (Å²) < 4.78 is 48.3. The lowest BCUT2D eigenvalue weighted by Crippen LogP contribution is -2.43. The second-order valence-corrected chi connectivity index (χ2v) is 12.6. The van der Waals surface area contributed by atoms with Gasteiger partial charge in [-0.3, -0.25) is 14.2 Å². The second-order valence-electron chi connectivity index (χ2n) is 11.6. The number of nitrogens with zero attached hydrogens (tertiary/aromatic N) is 5. The molecule has 1 aromatic carbocycles. The highest BCUT2D eigenvalue weighted by atomic mass is 32.1. The maximum atomic E-state index is 14.1. The van der Waals surface area contributed by atoms with Gasteiger partial charge >= 0.3 is 12.3 Å². The molecule has 1 aliphatic heterocycles. The van der Waals surface area contributed by atoms with Gasteiger partial charge in [0.1, 0.15) is 5.60 Å². The number of aryl methyl sites for hydroxylation is 1. The molecule has 0 saturated carbocycles. The molecule has 3 heterocycles. The smallest absolute Gasteiger partial charge is 0.444 e. The van der Waals surface area contributed by atoms with Gasteiger partial charge in [-0.25, -0.2) is 14.8 Å². The molecule has 42 heavy (non-hydrogen) atoms. The van der Waals surface area contributed by atoms with Gasteiger partial charge in [-0.2, -0.15) is 13.2 Å². The molecule has 1 saturated heterocycles. The number of ketones is 1. The first-order valence-corrected chi connectivity index (χ1v) is 14.7. The summed E-state index contributed by atoms with van der Waals surface area (Å²) in [5.41, 5.74) is -0.663. The van der Waals surface area contributed by atoms with Crippen LogP contribution in [0.5, 0.6) is 0 Å². The zero-order valence-corrected chi connectivity index (χ0v) is 25.2. The normalized spacial score (nSPS) is 15.6. The number of ether oxygens (including phenoxy) is 1. The van der Waals surface area contributed by atoms with Gasteiger partial charge in [0.05, 0.1) is 6.04 Å². The molecule has 1 fully saturated rings. The third kappa shape index (κ3) is 7.47. The van der Waals surface area contributed by atoms with E-state index in [9.17, 15) is 27.6 Å². The van der Waals surface area contributed by atoms with E-state index in [1.165, 1.54) is 4.90 Å². The fourth-order valence-corrected chi connectivity index (χ4v) is 5.79. The van der Waals surface area contributed by atoms with Crippen LogP contribution in [0, 0.1) is 5.92 Å². The highest BCUT2D eigenvalue weighted by Gasteiger charge is 2.39. The van der Waals surface area contributed by atoms with Gasteiger partial charge in [-0.05, 0) is 58.4 Å². The average molecular weight is 608 g/mol. The first-order chi connectivity index (χ1) is 19.6. The fourth-order valence-electron chi connectivity index (χ4n) is 4.82. The first-order valence-electron chi connectivity index (χ1n) is 13.9. The van der Waals surface area contributed by atoms with E-state index in [4.69, 9.17) is 4.74 Å². The van der Waals surface area contributed by atoms with E-state index >= 15 is 0 Å². The Bertz CT molecular complexity index is 1470. The predicted molar refractivity (Wildman–Crippen MR) is 155 cm³/mol. The SMILES string of the molecule is C[C@H](C(=O)CCc1ccccc1)N(C)c1nc2c(=O)n(CC3CCN(C(=O)OC(C)(C)C)CC3)c(C(F)(F)F)nc2s1. The van der Waals surface area contributed by atoms with E-state index in [1.54, 1.807) is 39.6 Å². The number of alkyl halides is 3. The molecular formula is C29H36F3N5O4S. The number of likely N-dealkylation sites (tertiary alicyclic amines) is 1. The maximum absolute atomic E-state index is 14.1. The Balaban J connectivity index is 1.52. The number of rotatable bonds is 8. The molecule has 9 nitrogen and oxygen atoms in total. The van der Waals surface area contributed by atoms with Crippen LogP contribution in [-0.4, -0.2) is 63.1 Å². The predicted octanol–water partition coefficient (Wildman–Crippen LogP) is 5.55. The molecule has 0 spiro atoms. The van der Waals surface area contributed by atoms with Crippen LogP contribution < -0.4 is 10.5 Å². The Labute approximate surface area is 246 Å². The van der Waals surface area contributed by atoms with E-state index in [0.29, 0.717) is 36.9 Å². The highest BCUT2D eigenvalue weighted by molar-refractivity contribution is 7.21. The Morgan fingerprint density at radius 2 is 1.76 bits per heavy atom. The highest BCUT2D eigenvalue weighted by Crippen LogP contribution is 2.33. The van der Waals surface area contributed by atoms with Crippen molar-refractivity contribution in [2.75, 3.05) is 25.0 Å². The number of anilines is 1. The van der Waals surface area contributed by atoms with Crippen molar-refractivity contribution in [2.24, 2.45) is 5.92 Å². The van der Waals surface area contributed by atoms with Gasteiger partial charge in [-0.1, -0.05) is 41.7 Å². The minimum atomic E-state index is -4.86. The van der Waals surface area contributed by atoms with Crippen LogP contribution in [0.1, 0.15) is 58.3 Å². The number of halogens is 3. The van der Waals surface area contributed by atoms with Crippen molar-refractivity contribution in [3.63, 3.8) is 0 Å². The Morgan fingerprint density at radius 3 is 2.36 bits per heavy atom. The van der Waals surface area contributed by atoms with Crippen LogP contribution in [0.15, 0.2) is 35.1 Å². The van der Waals surface area contributed by atoms with Gasteiger partial charge in [0.15, 0.2) is 21.3 Å². The molecule has 0 aliphatic carbocycles. The Morgan fingerprint density at radius 1 is 1.12 bits per heavy atom. The third-order valence-electron chi connectivity index (χ3n) is 7.32. The fraction of sp³-hybridized carbons (Fsp3) is 0.552. The van der Waals surface area contributed by atoms with E-state index in [-0.39, 0.29) is 40.1 Å². The van der Waals surface area contributed by atoms with Crippen molar-refractivity contribution in [1.82, 2.24) is 19.4 Å². The lowest BCUT2D eigenvalue weighted by atomic mass is 9.97. The summed E-state index contributed by atoms with van der Waals surface area (Å²) in [5.74, 6) is -1.61. The summed E-state index contributed by atoms with van der Waals surface area (Å²) in [7, 11) is 1.63. The summed E-state index contributed by atoms with van der Waals surface area (Å²) >= 11 is 0.853. The molecule has 0 N–H and O–H groups in total. The van der Waals surface area contributed by atoms with Crippen LogP contribution in [0.3, 0.4) is 0 Å². The van der Waals surface area contributed by atoms with E-state index in [2.05, 4.69) is 9.97 Å². The number of benzene rings is 1. The molecule has 0 bridgehead atoms. The first kappa shape index (κ1) is 31.5. The maximum Gasteiger partial charge on any atom is 0.449 e. The standard InChI is InChI=1S/C29H36F3N5O4S/c1-18(21(38)12-11-19-9-7-6-8-10-19)35(5)26-33-22-23(42-26)34-25(29(30,31)32)37(24(22)39)17-20-13-15-36(16-14-20)27(40)41-28(2,3)4/h6-10,18,20H,11-17H2,1-5H3/t18-/m1/s1. The van der Waals surface area contributed by atoms with Gasteiger partial charge in [0.2, 0.25) is 5.82 Å². The quantitative estimate of drug-likeness (QED) is 0.332. The number of likely N-dealkylation sites (N-methyl/N-ethyl adjacent to an activating group) is 1. The largest absolute Gasteiger partial charge is 0.449 e. The number of carbonyl (C=O) groups excluding carboxylic acids is 2. The third-order valence-corrected chi connectivity index (χ3v) is 8.36. The molecule has 0 radical (unpaired) electrons. The summed E-state index contributed by atoms with van der Waals surface area (Å²) in [4.78, 5) is 49.8. The zero-order valence-electron chi connectivity index (χ0n) is 24.4. The molecule has 4 rings (SSSR count). The molecule has 0 unspecified atom stereocenters. The van der Waals surface area contributed by atoms with E-state index in [0.717, 1.165) is 16.9 Å². The van der Waals surface area contributed by atoms with Gasteiger partial charge in [-0.15, -0.1) is 0 Å².